The molecule has 0 atom stereocenters. The lowest BCUT2D eigenvalue weighted by Crippen LogP contribution is -1.97. The van der Waals surface area contributed by atoms with Gasteiger partial charge in [-0.1, -0.05) is 0 Å². The Morgan fingerprint density at radius 2 is 2.40 bits per heavy atom. The van der Waals surface area contributed by atoms with Crippen molar-refractivity contribution < 1.29 is 19.1 Å². The van der Waals surface area contributed by atoms with Crippen LogP contribution in [-0.2, 0) is 11.3 Å². The van der Waals surface area contributed by atoms with Crippen molar-refractivity contribution in [2.24, 2.45) is 0 Å². The minimum atomic E-state index is -0.543. The molecule has 15 heavy (non-hydrogen) atoms. The van der Waals surface area contributed by atoms with E-state index in [0.29, 0.717) is 16.8 Å². The molecular formula is C10H9NO4. The maximum atomic E-state index is 11.1. The van der Waals surface area contributed by atoms with Gasteiger partial charge < -0.3 is 14.3 Å². The van der Waals surface area contributed by atoms with Gasteiger partial charge in [-0.25, -0.2) is 9.78 Å². The van der Waals surface area contributed by atoms with Gasteiger partial charge in [0, 0.05) is 6.07 Å². The first-order chi connectivity index (χ1) is 7.24. The van der Waals surface area contributed by atoms with Gasteiger partial charge in [-0.2, -0.15) is 0 Å². The zero-order valence-electron chi connectivity index (χ0n) is 8.06. The highest BCUT2D eigenvalue weighted by Gasteiger charge is 2.13. The van der Waals surface area contributed by atoms with E-state index in [1.807, 2.05) is 0 Å². The summed E-state index contributed by atoms with van der Waals surface area (Å²) in [6, 6.07) is 4.77. The van der Waals surface area contributed by atoms with Crippen LogP contribution in [0.4, 0.5) is 0 Å². The first kappa shape index (κ1) is 9.67. The molecule has 0 aromatic carbocycles. The van der Waals surface area contributed by atoms with Gasteiger partial charge in [0.1, 0.15) is 5.52 Å². The summed E-state index contributed by atoms with van der Waals surface area (Å²) in [4.78, 5) is 15.2. The highest BCUT2D eigenvalue weighted by Crippen LogP contribution is 2.18. The van der Waals surface area contributed by atoms with E-state index < -0.39 is 5.97 Å². The van der Waals surface area contributed by atoms with Crippen molar-refractivity contribution in [1.29, 1.82) is 0 Å². The zero-order valence-corrected chi connectivity index (χ0v) is 8.06. The van der Waals surface area contributed by atoms with Crippen molar-refractivity contribution in [3.63, 3.8) is 0 Å². The lowest BCUT2D eigenvalue weighted by atomic mass is 10.3. The van der Waals surface area contributed by atoms with Crippen molar-refractivity contribution in [3.8, 4) is 0 Å². The van der Waals surface area contributed by atoms with E-state index in [-0.39, 0.29) is 12.4 Å². The second kappa shape index (κ2) is 3.70. The fourth-order valence-electron chi connectivity index (χ4n) is 1.26. The number of aromatic nitrogens is 1. The van der Waals surface area contributed by atoms with Crippen LogP contribution in [0.1, 0.15) is 16.2 Å². The first-order valence-electron chi connectivity index (χ1n) is 4.33. The molecular weight excluding hydrogens is 198 g/mol. The van der Waals surface area contributed by atoms with Gasteiger partial charge in [0.05, 0.1) is 19.4 Å². The second-order valence-corrected chi connectivity index (χ2v) is 2.95. The summed E-state index contributed by atoms with van der Waals surface area (Å²) >= 11 is 0. The molecule has 2 heterocycles. The molecule has 0 bridgehead atoms. The Bertz CT molecular complexity index is 503. The lowest BCUT2D eigenvalue weighted by molar-refractivity contribution is 0.0567. The number of ether oxygens (including phenoxy) is 1. The molecule has 0 saturated heterocycles. The molecule has 0 spiro atoms. The van der Waals surface area contributed by atoms with Gasteiger partial charge in [-0.3, -0.25) is 0 Å². The Kier molecular flexibility index (Phi) is 2.39. The van der Waals surface area contributed by atoms with Gasteiger partial charge in [0.15, 0.2) is 5.58 Å². The third-order valence-corrected chi connectivity index (χ3v) is 1.98. The fourth-order valence-corrected chi connectivity index (χ4v) is 1.26. The molecule has 5 nitrogen and oxygen atoms in total. The molecule has 78 valence electrons. The summed E-state index contributed by atoms with van der Waals surface area (Å²) in [5.74, 6) is -0.436. The van der Waals surface area contributed by atoms with Crippen molar-refractivity contribution >= 4 is 17.1 Å². The van der Waals surface area contributed by atoms with Crippen LogP contribution < -0.4 is 0 Å². The van der Waals surface area contributed by atoms with Crippen LogP contribution in [0.5, 0.6) is 0 Å². The predicted octanol–water partition coefficient (Wildman–Crippen LogP) is 1.11. The van der Waals surface area contributed by atoms with Crippen LogP contribution in [0.2, 0.25) is 0 Å². The summed E-state index contributed by atoms with van der Waals surface area (Å²) in [7, 11) is 1.28. The number of hydrogen-bond donors (Lipinski definition) is 1. The number of hydrogen-bond acceptors (Lipinski definition) is 5. The molecule has 0 radical (unpaired) electrons. The van der Waals surface area contributed by atoms with Crippen LogP contribution in [0, 0.1) is 0 Å². The van der Waals surface area contributed by atoms with E-state index in [2.05, 4.69) is 9.72 Å². The average molecular weight is 207 g/mol. The highest BCUT2D eigenvalue weighted by molar-refractivity contribution is 5.91. The smallest absolute Gasteiger partial charge is 0.374 e. The standard InChI is InChI=1S/C10H9NO4/c1-14-10(13)9-4-7-8(15-9)3-2-6(5-12)11-7/h2-4,12H,5H2,1H3. The molecule has 2 aromatic heterocycles. The molecule has 0 fully saturated rings. The zero-order chi connectivity index (χ0) is 10.8. The molecule has 0 saturated carbocycles. The van der Waals surface area contributed by atoms with Crippen LogP contribution in [0.25, 0.3) is 11.1 Å². The molecule has 2 rings (SSSR count). The van der Waals surface area contributed by atoms with Crippen molar-refractivity contribution in [2.45, 2.75) is 6.61 Å². The van der Waals surface area contributed by atoms with Gasteiger partial charge in [0.25, 0.3) is 0 Å². The van der Waals surface area contributed by atoms with Crippen molar-refractivity contribution in [2.75, 3.05) is 7.11 Å². The molecule has 0 aliphatic rings. The number of furan rings is 1. The Morgan fingerprint density at radius 1 is 1.60 bits per heavy atom. The third-order valence-electron chi connectivity index (χ3n) is 1.98. The maximum absolute atomic E-state index is 11.1. The summed E-state index contributed by atoms with van der Waals surface area (Å²) in [6.07, 6.45) is 0. The van der Waals surface area contributed by atoms with E-state index in [4.69, 9.17) is 9.52 Å². The van der Waals surface area contributed by atoms with E-state index in [0.717, 1.165) is 0 Å². The highest BCUT2D eigenvalue weighted by atomic mass is 16.5. The van der Waals surface area contributed by atoms with Crippen molar-refractivity contribution in [1.82, 2.24) is 4.98 Å². The quantitative estimate of drug-likeness (QED) is 0.746. The number of carbonyl (C=O) groups is 1. The molecule has 2 aromatic rings. The molecule has 5 heteroatoms. The normalized spacial score (nSPS) is 10.5. The van der Waals surface area contributed by atoms with E-state index >= 15 is 0 Å². The van der Waals surface area contributed by atoms with E-state index in [1.54, 1.807) is 12.1 Å². The topological polar surface area (TPSA) is 72.6 Å². The van der Waals surface area contributed by atoms with Gasteiger partial charge >= 0.3 is 5.97 Å². The number of methoxy groups -OCH3 is 1. The fraction of sp³-hybridized carbons (Fsp3) is 0.200. The van der Waals surface area contributed by atoms with Crippen molar-refractivity contribution in [3.05, 3.63) is 29.7 Å². The summed E-state index contributed by atoms with van der Waals surface area (Å²) in [5.41, 5.74) is 1.55. The number of nitrogens with zero attached hydrogens (tertiary/aromatic N) is 1. The Labute approximate surface area is 85.3 Å². The van der Waals surface area contributed by atoms with E-state index in [1.165, 1.54) is 13.2 Å². The SMILES string of the molecule is COC(=O)c1cc2nc(CO)ccc2o1. The number of rotatable bonds is 2. The molecule has 0 aliphatic heterocycles. The third kappa shape index (κ3) is 1.69. The summed E-state index contributed by atoms with van der Waals surface area (Å²) in [5, 5.41) is 8.87. The minimum Gasteiger partial charge on any atom is -0.463 e. The van der Waals surface area contributed by atoms with Gasteiger partial charge in [-0.05, 0) is 12.1 Å². The Hall–Kier alpha value is -1.88. The largest absolute Gasteiger partial charge is 0.463 e. The number of fused-ring (bicyclic) bond motifs is 1. The van der Waals surface area contributed by atoms with Crippen LogP contribution in [0.15, 0.2) is 22.6 Å². The monoisotopic (exact) mass is 207 g/mol. The van der Waals surface area contributed by atoms with Gasteiger partial charge in [-0.15, -0.1) is 0 Å². The number of pyridine rings is 1. The lowest BCUT2D eigenvalue weighted by Gasteiger charge is -1.92. The van der Waals surface area contributed by atoms with Crippen LogP contribution >= 0.6 is 0 Å². The van der Waals surface area contributed by atoms with Gasteiger partial charge in [0.2, 0.25) is 5.76 Å². The minimum absolute atomic E-state index is 0.107. The number of aliphatic hydroxyl groups is 1. The summed E-state index contributed by atoms with van der Waals surface area (Å²) < 4.78 is 9.71. The first-order valence-corrected chi connectivity index (χ1v) is 4.33. The summed E-state index contributed by atoms with van der Waals surface area (Å²) in [6.45, 7) is -0.144. The molecule has 0 amide bonds. The molecule has 0 unspecified atom stereocenters. The second-order valence-electron chi connectivity index (χ2n) is 2.95. The average Bonchev–Trinajstić information content (AvgIpc) is 2.70. The maximum Gasteiger partial charge on any atom is 0.374 e. The number of aliphatic hydroxyl groups excluding tert-OH is 1. The molecule has 1 N–H and O–H groups in total. The number of carbonyl (C=O) groups excluding carboxylic acids is 1. The predicted molar refractivity (Wildman–Crippen MR) is 51.3 cm³/mol. The van der Waals surface area contributed by atoms with E-state index in [9.17, 15) is 4.79 Å². The molecule has 0 aliphatic carbocycles. The Balaban J connectivity index is 2.51. The van der Waals surface area contributed by atoms with Crippen LogP contribution in [0.3, 0.4) is 0 Å². The Morgan fingerprint density at radius 3 is 3.07 bits per heavy atom. The van der Waals surface area contributed by atoms with Crippen LogP contribution in [-0.4, -0.2) is 23.2 Å². The number of esters is 1.